The second-order valence-corrected chi connectivity index (χ2v) is 17.9. The van der Waals surface area contributed by atoms with Gasteiger partial charge in [0.05, 0.1) is 13.2 Å². The number of ether oxygens (including phenoxy) is 2. The zero-order chi connectivity index (χ0) is 42.4. The minimum Gasteiger partial charge on any atom is -0.465 e. The lowest BCUT2D eigenvalue weighted by atomic mass is 9.95. The maximum absolute atomic E-state index is 12.6. The van der Waals surface area contributed by atoms with Crippen LogP contribution in [0.4, 0.5) is 0 Å². The Hall–Kier alpha value is -1.40. The van der Waals surface area contributed by atoms with E-state index in [-0.39, 0.29) is 18.5 Å². The van der Waals surface area contributed by atoms with Crippen LogP contribution >= 0.6 is 0 Å². The number of aliphatic hydroxyl groups is 1. The monoisotopic (exact) mass is 820 g/mol. The van der Waals surface area contributed by atoms with Gasteiger partial charge in [0.15, 0.2) is 0 Å². The Morgan fingerprint density at radius 3 is 1.26 bits per heavy atom. The Balaban J connectivity index is 4.30. The molecule has 0 amide bonds. The molecule has 2 unspecified atom stereocenters. The predicted molar refractivity (Wildman–Crippen MR) is 250 cm³/mol. The average molecular weight is 820 g/mol. The van der Waals surface area contributed by atoms with Crippen LogP contribution in [-0.4, -0.2) is 61.4 Å². The first-order valence-electron chi connectivity index (χ1n) is 25.8. The van der Waals surface area contributed by atoms with Crippen LogP contribution < -0.4 is 0 Å². The lowest BCUT2D eigenvalue weighted by Gasteiger charge is -2.20. The van der Waals surface area contributed by atoms with Crippen molar-refractivity contribution in [2.45, 2.75) is 259 Å². The van der Waals surface area contributed by atoms with Crippen molar-refractivity contribution in [1.29, 1.82) is 0 Å². The van der Waals surface area contributed by atoms with E-state index in [9.17, 15) is 14.7 Å². The predicted octanol–water partition coefficient (Wildman–Crippen LogP) is 15.3. The second kappa shape index (κ2) is 46.7. The van der Waals surface area contributed by atoms with Gasteiger partial charge < -0.3 is 14.6 Å². The Morgan fingerprint density at radius 2 is 0.810 bits per heavy atom. The fourth-order valence-electron chi connectivity index (χ4n) is 8.08. The highest BCUT2D eigenvalue weighted by Crippen LogP contribution is 2.21. The zero-order valence-corrected chi connectivity index (χ0v) is 39.5. The van der Waals surface area contributed by atoms with Gasteiger partial charge in [0, 0.05) is 26.0 Å². The fourth-order valence-corrected chi connectivity index (χ4v) is 8.08. The van der Waals surface area contributed by atoms with Crippen LogP contribution in [0.2, 0.25) is 0 Å². The SMILES string of the molecule is CCCCCCCCC(CCCCCC)COC(=O)CCCC/C=C/CN(CCCCO)CCCCCCCC(=O)OCC(CCCCCC)CCCCCCCC. The molecule has 0 aromatic heterocycles. The topological polar surface area (TPSA) is 76.1 Å². The van der Waals surface area contributed by atoms with Crippen LogP contribution in [0.15, 0.2) is 12.2 Å². The summed E-state index contributed by atoms with van der Waals surface area (Å²) < 4.78 is 11.6. The molecular weight excluding hydrogens is 719 g/mol. The smallest absolute Gasteiger partial charge is 0.305 e. The quantitative estimate of drug-likeness (QED) is 0.0374. The third-order valence-corrected chi connectivity index (χ3v) is 12.1. The van der Waals surface area contributed by atoms with Gasteiger partial charge in [-0.05, 0) is 95.6 Å². The minimum atomic E-state index is -0.0174. The number of rotatable bonds is 47. The summed E-state index contributed by atoms with van der Waals surface area (Å²) in [6.45, 7) is 13.6. The largest absolute Gasteiger partial charge is 0.465 e. The standard InChI is InChI=1S/C52H101NO5/c1-5-9-13-17-21-29-39-49(37-27-15-11-7-3)47-57-51(55)41-31-23-19-25-33-43-53(45-35-36-46-54)44-34-26-20-24-32-42-52(56)58-48-50(38-28-16-12-8-4)40-30-22-18-14-10-6-2/h25,33,49-50,54H,5-24,26-32,34-48H2,1-4H3/b33-25+. The molecule has 58 heavy (non-hydrogen) atoms. The molecule has 0 saturated heterocycles. The summed E-state index contributed by atoms with van der Waals surface area (Å²) in [5.41, 5.74) is 0. The van der Waals surface area contributed by atoms with Crippen molar-refractivity contribution in [3.05, 3.63) is 12.2 Å². The highest BCUT2D eigenvalue weighted by atomic mass is 16.5. The number of nitrogens with zero attached hydrogens (tertiary/aromatic N) is 1. The molecule has 0 aromatic rings. The van der Waals surface area contributed by atoms with E-state index in [1.54, 1.807) is 0 Å². The van der Waals surface area contributed by atoms with E-state index >= 15 is 0 Å². The van der Waals surface area contributed by atoms with Gasteiger partial charge in [-0.25, -0.2) is 0 Å². The number of aliphatic hydroxyl groups excluding tert-OH is 1. The Morgan fingerprint density at radius 1 is 0.448 bits per heavy atom. The summed E-state index contributed by atoms with van der Waals surface area (Å²) in [7, 11) is 0. The number of carbonyl (C=O) groups is 2. The van der Waals surface area contributed by atoms with Crippen molar-refractivity contribution in [3.63, 3.8) is 0 Å². The van der Waals surface area contributed by atoms with Gasteiger partial charge in [0.1, 0.15) is 0 Å². The van der Waals surface area contributed by atoms with Crippen molar-refractivity contribution in [3.8, 4) is 0 Å². The molecule has 0 aliphatic carbocycles. The molecule has 0 fully saturated rings. The van der Waals surface area contributed by atoms with E-state index in [1.165, 1.54) is 161 Å². The molecule has 1 N–H and O–H groups in total. The molecular formula is C52H101NO5. The summed E-state index contributed by atoms with van der Waals surface area (Å²) >= 11 is 0. The first-order chi connectivity index (χ1) is 28.5. The van der Waals surface area contributed by atoms with E-state index in [0.29, 0.717) is 37.9 Å². The van der Waals surface area contributed by atoms with Crippen molar-refractivity contribution in [2.24, 2.45) is 11.8 Å². The Bertz CT molecular complexity index is 878. The van der Waals surface area contributed by atoms with E-state index < -0.39 is 0 Å². The molecule has 0 rings (SSSR count). The molecule has 0 spiro atoms. The summed E-state index contributed by atoms with van der Waals surface area (Å²) in [6, 6.07) is 0. The van der Waals surface area contributed by atoms with Crippen molar-refractivity contribution >= 4 is 11.9 Å². The number of esters is 2. The second-order valence-electron chi connectivity index (χ2n) is 17.9. The molecule has 0 aliphatic heterocycles. The van der Waals surface area contributed by atoms with Crippen LogP contribution in [0, 0.1) is 11.8 Å². The van der Waals surface area contributed by atoms with Gasteiger partial charge in [-0.2, -0.15) is 0 Å². The molecule has 6 nitrogen and oxygen atoms in total. The molecule has 0 bridgehead atoms. The van der Waals surface area contributed by atoms with Gasteiger partial charge in [-0.1, -0.05) is 188 Å². The lowest BCUT2D eigenvalue weighted by molar-refractivity contribution is -0.146. The van der Waals surface area contributed by atoms with Gasteiger partial charge in [0.25, 0.3) is 0 Å². The minimum absolute atomic E-state index is 0.000921. The molecule has 6 heteroatoms. The van der Waals surface area contributed by atoms with Gasteiger partial charge in [-0.15, -0.1) is 0 Å². The molecule has 2 atom stereocenters. The summed E-state index contributed by atoms with van der Waals surface area (Å²) in [5, 5.41) is 9.31. The van der Waals surface area contributed by atoms with E-state index in [2.05, 4.69) is 44.7 Å². The third kappa shape index (κ3) is 41.3. The lowest BCUT2D eigenvalue weighted by Crippen LogP contribution is -2.26. The van der Waals surface area contributed by atoms with Crippen LogP contribution in [0.25, 0.3) is 0 Å². The molecule has 0 saturated carbocycles. The molecule has 0 aromatic carbocycles. The third-order valence-electron chi connectivity index (χ3n) is 12.1. The van der Waals surface area contributed by atoms with Gasteiger partial charge in [0.2, 0.25) is 0 Å². The number of allylic oxidation sites excluding steroid dienone is 1. The van der Waals surface area contributed by atoms with E-state index in [1.807, 2.05) is 0 Å². The fraction of sp³-hybridized carbons (Fsp3) is 0.923. The first kappa shape index (κ1) is 56.6. The van der Waals surface area contributed by atoms with E-state index in [4.69, 9.17) is 9.47 Å². The maximum atomic E-state index is 12.6. The van der Waals surface area contributed by atoms with Crippen molar-refractivity contribution < 1.29 is 24.2 Å². The number of hydrogen-bond donors (Lipinski definition) is 1. The normalized spacial score (nSPS) is 12.8. The van der Waals surface area contributed by atoms with E-state index in [0.717, 1.165) is 77.4 Å². The van der Waals surface area contributed by atoms with Crippen LogP contribution in [0.5, 0.6) is 0 Å². The Labute approximate surface area is 362 Å². The van der Waals surface area contributed by atoms with Gasteiger partial charge in [-0.3, -0.25) is 14.5 Å². The van der Waals surface area contributed by atoms with Crippen LogP contribution in [-0.2, 0) is 19.1 Å². The molecule has 0 radical (unpaired) electrons. The maximum Gasteiger partial charge on any atom is 0.305 e. The first-order valence-corrected chi connectivity index (χ1v) is 25.8. The highest BCUT2D eigenvalue weighted by molar-refractivity contribution is 5.69. The zero-order valence-electron chi connectivity index (χ0n) is 39.5. The molecule has 0 aliphatic rings. The summed E-state index contributed by atoms with van der Waals surface area (Å²) in [6.07, 6.45) is 46.8. The van der Waals surface area contributed by atoms with Crippen LogP contribution in [0.3, 0.4) is 0 Å². The summed E-state index contributed by atoms with van der Waals surface area (Å²) in [4.78, 5) is 27.6. The number of hydrogen-bond acceptors (Lipinski definition) is 6. The number of unbranched alkanes of at least 4 members (excludes halogenated alkanes) is 23. The summed E-state index contributed by atoms with van der Waals surface area (Å²) in [5.74, 6) is 1.04. The highest BCUT2D eigenvalue weighted by Gasteiger charge is 2.14. The van der Waals surface area contributed by atoms with Crippen molar-refractivity contribution in [1.82, 2.24) is 4.90 Å². The van der Waals surface area contributed by atoms with Crippen molar-refractivity contribution in [2.75, 3.05) is 39.5 Å². The molecule has 344 valence electrons. The molecule has 0 heterocycles. The average Bonchev–Trinajstić information content (AvgIpc) is 3.22. The Kier molecular flexibility index (Phi) is 45.5. The van der Waals surface area contributed by atoms with Gasteiger partial charge >= 0.3 is 11.9 Å². The number of carbonyl (C=O) groups excluding carboxylic acids is 2. The van der Waals surface area contributed by atoms with Crippen LogP contribution in [0.1, 0.15) is 259 Å².